The van der Waals surface area contributed by atoms with Crippen LogP contribution in [0.2, 0.25) is 0 Å². The van der Waals surface area contributed by atoms with Crippen molar-refractivity contribution in [1.29, 1.82) is 0 Å². The summed E-state index contributed by atoms with van der Waals surface area (Å²) in [6, 6.07) is 2.11. The van der Waals surface area contributed by atoms with E-state index in [4.69, 9.17) is 5.11 Å². The van der Waals surface area contributed by atoms with Crippen LogP contribution in [0.1, 0.15) is 18.2 Å². The van der Waals surface area contributed by atoms with Gasteiger partial charge in [-0.2, -0.15) is 0 Å². The Bertz CT molecular complexity index is 250. The predicted molar refractivity (Wildman–Crippen MR) is 60.0 cm³/mol. The van der Waals surface area contributed by atoms with Gasteiger partial charge in [0.1, 0.15) is 0 Å². The van der Waals surface area contributed by atoms with Gasteiger partial charge < -0.3 is 10.4 Å². The molecule has 0 saturated heterocycles. The Balaban J connectivity index is 2.13. The van der Waals surface area contributed by atoms with Gasteiger partial charge in [0.25, 0.3) is 0 Å². The topological polar surface area (TPSA) is 32.3 Å². The van der Waals surface area contributed by atoms with E-state index < -0.39 is 0 Å². The van der Waals surface area contributed by atoms with Crippen molar-refractivity contribution in [3.63, 3.8) is 0 Å². The molecule has 0 fully saturated rings. The molecule has 2 nitrogen and oxygen atoms in total. The van der Waals surface area contributed by atoms with Gasteiger partial charge in [0.2, 0.25) is 0 Å². The Morgan fingerprint density at radius 2 is 2.46 bits per heavy atom. The molecule has 0 aromatic carbocycles. The number of hydrogen-bond acceptors (Lipinski definition) is 3. The van der Waals surface area contributed by atoms with Crippen molar-refractivity contribution in [2.75, 3.05) is 6.54 Å². The Morgan fingerprint density at radius 3 is 3.00 bits per heavy atom. The second-order valence-corrected chi connectivity index (χ2v) is 4.96. The molecular weight excluding hydrogens is 250 g/mol. The number of nitrogens with one attached hydrogen (secondary N) is 1. The molecule has 0 saturated carbocycles. The van der Waals surface area contributed by atoms with Crippen molar-refractivity contribution in [3.8, 4) is 0 Å². The molecule has 0 radical (unpaired) electrons. The molecule has 74 valence electrons. The fraction of sp³-hybridized carbons (Fsp3) is 0.556. The van der Waals surface area contributed by atoms with Gasteiger partial charge in [0, 0.05) is 21.3 Å². The molecule has 4 heteroatoms. The Labute approximate surface area is 91.1 Å². The second kappa shape index (κ2) is 5.75. The van der Waals surface area contributed by atoms with Crippen LogP contribution in [0, 0.1) is 0 Å². The van der Waals surface area contributed by atoms with Gasteiger partial charge in [-0.3, -0.25) is 0 Å². The highest BCUT2D eigenvalue weighted by molar-refractivity contribution is 9.10. The molecule has 1 heterocycles. The summed E-state index contributed by atoms with van der Waals surface area (Å²) >= 11 is 5.14. The highest BCUT2D eigenvalue weighted by atomic mass is 79.9. The van der Waals surface area contributed by atoms with Gasteiger partial charge in [-0.15, -0.1) is 11.3 Å². The van der Waals surface area contributed by atoms with Crippen LogP contribution in [0.15, 0.2) is 15.9 Å². The molecule has 2 N–H and O–H groups in total. The summed E-state index contributed by atoms with van der Waals surface area (Å²) in [6.45, 7) is 3.57. The molecule has 1 rings (SSSR count). The monoisotopic (exact) mass is 263 g/mol. The normalized spacial score (nSPS) is 13.2. The fourth-order valence-electron chi connectivity index (χ4n) is 0.969. The van der Waals surface area contributed by atoms with E-state index in [-0.39, 0.29) is 6.10 Å². The van der Waals surface area contributed by atoms with Gasteiger partial charge in [-0.05, 0) is 41.9 Å². The van der Waals surface area contributed by atoms with Crippen molar-refractivity contribution in [2.24, 2.45) is 0 Å². The lowest BCUT2D eigenvalue weighted by Crippen LogP contribution is -2.17. The summed E-state index contributed by atoms with van der Waals surface area (Å²) < 4.78 is 1.14. The van der Waals surface area contributed by atoms with E-state index in [1.807, 2.05) is 6.92 Å². The molecule has 1 atom stereocenters. The second-order valence-electron chi connectivity index (χ2n) is 3.05. The molecule has 0 amide bonds. The number of aliphatic hydroxyl groups is 1. The minimum absolute atomic E-state index is 0.206. The summed E-state index contributed by atoms with van der Waals surface area (Å²) in [4.78, 5) is 1.32. The van der Waals surface area contributed by atoms with Crippen LogP contribution in [0.4, 0.5) is 0 Å². The lowest BCUT2D eigenvalue weighted by molar-refractivity contribution is 0.183. The Hall–Kier alpha value is 0.1000. The Morgan fingerprint density at radius 1 is 1.69 bits per heavy atom. The number of rotatable bonds is 5. The summed E-state index contributed by atoms with van der Waals surface area (Å²) in [6.07, 6.45) is 0.606. The van der Waals surface area contributed by atoms with E-state index in [1.54, 1.807) is 11.3 Å². The molecule has 0 aliphatic carbocycles. The highest BCUT2D eigenvalue weighted by Gasteiger charge is 1.98. The largest absolute Gasteiger partial charge is 0.393 e. The first-order valence-electron chi connectivity index (χ1n) is 4.30. The lowest BCUT2D eigenvalue weighted by Gasteiger charge is -2.04. The predicted octanol–water partition coefficient (Wildman–Crippen LogP) is 2.37. The van der Waals surface area contributed by atoms with E-state index in [1.165, 1.54) is 4.88 Å². The van der Waals surface area contributed by atoms with Crippen LogP contribution in [-0.4, -0.2) is 17.8 Å². The van der Waals surface area contributed by atoms with Crippen molar-refractivity contribution < 1.29 is 5.11 Å². The van der Waals surface area contributed by atoms with E-state index in [0.717, 1.165) is 24.0 Å². The average molecular weight is 264 g/mol. The van der Waals surface area contributed by atoms with Gasteiger partial charge >= 0.3 is 0 Å². The van der Waals surface area contributed by atoms with E-state index >= 15 is 0 Å². The third-order valence-corrected chi connectivity index (χ3v) is 3.36. The van der Waals surface area contributed by atoms with Gasteiger partial charge in [0.05, 0.1) is 6.10 Å². The third-order valence-electron chi connectivity index (χ3n) is 1.66. The maximum atomic E-state index is 9.01. The molecule has 0 bridgehead atoms. The van der Waals surface area contributed by atoms with E-state index in [0.29, 0.717) is 0 Å². The zero-order chi connectivity index (χ0) is 9.68. The van der Waals surface area contributed by atoms with E-state index in [2.05, 4.69) is 32.7 Å². The van der Waals surface area contributed by atoms with Crippen LogP contribution in [-0.2, 0) is 6.54 Å². The molecule has 1 aromatic rings. The zero-order valence-electron chi connectivity index (χ0n) is 7.59. The molecular formula is C9H14BrNOS. The highest BCUT2D eigenvalue weighted by Crippen LogP contribution is 2.19. The molecule has 0 aliphatic rings. The zero-order valence-corrected chi connectivity index (χ0v) is 9.99. The van der Waals surface area contributed by atoms with Gasteiger partial charge in [0.15, 0.2) is 0 Å². The summed E-state index contributed by atoms with van der Waals surface area (Å²) in [5.41, 5.74) is 0. The number of hydrogen-bond donors (Lipinski definition) is 2. The molecule has 1 unspecified atom stereocenters. The molecule has 0 spiro atoms. The van der Waals surface area contributed by atoms with Crippen molar-refractivity contribution in [1.82, 2.24) is 5.32 Å². The third kappa shape index (κ3) is 4.76. The first-order chi connectivity index (χ1) is 6.18. The first-order valence-corrected chi connectivity index (χ1v) is 5.97. The standard InChI is InChI=1S/C9H14BrNOS/c1-7(12)2-3-11-5-9-4-8(10)6-13-9/h4,6-7,11-12H,2-3,5H2,1H3. The fourth-order valence-corrected chi connectivity index (χ4v) is 2.39. The Kier molecular flexibility index (Phi) is 4.94. The van der Waals surface area contributed by atoms with Crippen molar-refractivity contribution >= 4 is 27.3 Å². The maximum absolute atomic E-state index is 9.01. The molecule has 0 aliphatic heterocycles. The summed E-state index contributed by atoms with van der Waals surface area (Å²) in [5.74, 6) is 0. The molecule has 13 heavy (non-hydrogen) atoms. The van der Waals surface area contributed by atoms with Crippen LogP contribution >= 0.6 is 27.3 Å². The van der Waals surface area contributed by atoms with Crippen LogP contribution in [0.3, 0.4) is 0 Å². The van der Waals surface area contributed by atoms with Gasteiger partial charge in [-0.1, -0.05) is 0 Å². The first kappa shape index (κ1) is 11.2. The minimum Gasteiger partial charge on any atom is -0.393 e. The average Bonchev–Trinajstić information content (AvgIpc) is 2.45. The summed E-state index contributed by atoms with van der Waals surface area (Å²) in [5, 5.41) is 14.4. The van der Waals surface area contributed by atoms with Gasteiger partial charge in [-0.25, -0.2) is 0 Å². The summed E-state index contributed by atoms with van der Waals surface area (Å²) in [7, 11) is 0. The smallest absolute Gasteiger partial charge is 0.0524 e. The lowest BCUT2D eigenvalue weighted by atomic mass is 10.3. The SMILES string of the molecule is CC(O)CCNCc1cc(Br)cs1. The van der Waals surface area contributed by atoms with Crippen LogP contribution < -0.4 is 5.32 Å². The number of halogens is 1. The van der Waals surface area contributed by atoms with Crippen molar-refractivity contribution in [2.45, 2.75) is 26.0 Å². The quantitative estimate of drug-likeness (QED) is 0.800. The van der Waals surface area contributed by atoms with Crippen LogP contribution in [0.25, 0.3) is 0 Å². The number of aliphatic hydroxyl groups excluding tert-OH is 1. The van der Waals surface area contributed by atoms with Crippen LogP contribution in [0.5, 0.6) is 0 Å². The van der Waals surface area contributed by atoms with Crippen molar-refractivity contribution in [3.05, 3.63) is 20.8 Å². The number of thiophene rings is 1. The minimum atomic E-state index is -0.206. The van der Waals surface area contributed by atoms with E-state index in [9.17, 15) is 0 Å². The maximum Gasteiger partial charge on any atom is 0.0524 e. The molecule has 1 aromatic heterocycles.